The van der Waals surface area contributed by atoms with Gasteiger partial charge in [-0.3, -0.25) is 9.78 Å². The Bertz CT molecular complexity index is 596. The van der Waals surface area contributed by atoms with Gasteiger partial charge in [-0.05, 0) is 36.8 Å². The number of halogens is 1. The van der Waals surface area contributed by atoms with Crippen molar-refractivity contribution in [1.82, 2.24) is 4.98 Å². The number of rotatable bonds is 3. The monoisotopic (exact) mass is 247 g/mol. The van der Waals surface area contributed by atoms with Gasteiger partial charge in [-0.25, -0.2) is 4.39 Å². The Morgan fingerprint density at radius 1 is 1.39 bits per heavy atom. The van der Waals surface area contributed by atoms with Crippen LogP contribution in [0, 0.1) is 12.7 Å². The van der Waals surface area contributed by atoms with Gasteiger partial charge in [0.1, 0.15) is 5.82 Å². The van der Waals surface area contributed by atoms with Gasteiger partial charge in [-0.2, -0.15) is 0 Å². The Morgan fingerprint density at radius 2 is 2.17 bits per heavy atom. The lowest BCUT2D eigenvalue weighted by molar-refractivity contribution is -0.140. The second-order valence-corrected chi connectivity index (χ2v) is 4.17. The summed E-state index contributed by atoms with van der Waals surface area (Å²) < 4.78 is 17.7. The maximum Gasteiger partial charge on any atom is 0.305 e. The van der Waals surface area contributed by atoms with E-state index in [0.29, 0.717) is 12.8 Å². The number of nitrogens with zero attached hydrogens (tertiary/aromatic N) is 1. The molecule has 0 bridgehead atoms. The third kappa shape index (κ3) is 2.64. The van der Waals surface area contributed by atoms with Crippen molar-refractivity contribution in [3.63, 3.8) is 0 Å². The molecule has 0 N–H and O–H groups in total. The quantitative estimate of drug-likeness (QED) is 0.783. The third-order valence-electron chi connectivity index (χ3n) is 2.84. The Hall–Kier alpha value is -1.97. The summed E-state index contributed by atoms with van der Waals surface area (Å²) in [4.78, 5) is 15.5. The van der Waals surface area contributed by atoms with Crippen LogP contribution < -0.4 is 0 Å². The summed E-state index contributed by atoms with van der Waals surface area (Å²) in [6, 6.07) is 6.39. The van der Waals surface area contributed by atoms with Crippen molar-refractivity contribution in [3.8, 4) is 0 Å². The predicted octanol–water partition coefficient (Wildman–Crippen LogP) is 2.79. The number of ether oxygens (including phenoxy) is 1. The molecule has 0 saturated carbocycles. The Morgan fingerprint density at radius 3 is 2.89 bits per heavy atom. The number of carbonyl (C=O) groups excluding carboxylic acids is 1. The number of esters is 1. The highest BCUT2D eigenvalue weighted by atomic mass is 19.1. The van der Waals surface area contributed by atoms with E-state index < -0.39 is 0 Å². The van der Waals surface area contributed by atoms with Crippen molar-refractivity contribution in [1.29, 1.82) is 0 Å². The van der Waals surface area contributed by atoms with Crippen LogP contribution in [0.1, 0.15) is 17.7 Å². The van der Waals surface area contributed by atoms with Crippen LogP contribution in [-0.4, -0.2) is 18.1 Å². The van der Waals surface area contributed by atoms with E-state index in [4.69, 9.17) is 0 Å². The second kappa shape index (κ2) is 5.12. The lowest BCUT2D eigenvalue weighted by Crippen LogP contribution is -2.03. The summed E-state index contributed by atoms with van der Waals surface area (Å²) in [6.07, 6.45) is 0.830. The minimum absolute atomic E-state index is 0.256. The molecule has 1 aromatic carbocycles. The van der Waals surface area contributed by atoms with Crippen LogP contribution in [0.4, 0.5) is 4.39 Å². The van der Waals surface area contributed by atoms with Crippen molar-refractivity contribution in [3.05, 3.63) is 41.3 Å². The minimum Gasteiger partial charge on any atom is -0.469 e. The molecular weight excluding hydrogens is 233 g/mol. The zero-order valence-corrected chi connectivity index (χ0v) is 10.4. The van der Waals surface area contributed by atoms with Gasteiger partial charge in [-0.1, -0.05) is 0 Å². The Kier molecular flexibility index (Phi) is 3.55. The first-order chi connectivity index (χ1) is 8.60. The number of hydrogen-bond donors (Lipinski definition) is 0. The fourth-order valence-corrected chi connectivity index (χ4v) is 1.90. The molecule has 18 heavy (non-hydrogen) atoms. The first-order valence-electron chi connectivity index (χ1n) is 5.73. The molecule has 0 radical (unpaired) electrons. The molecule has 2 aromatic rings. The summed E-state index contributed by atoms with van der Waals surface area (Å²) in [7, 11) is 1.37. The number of aryl methyl sites for hydroxylation is 2. The molecule has 2 rings (SSSR count). The number of pyridine rings is 1. The average molecular weight is 247 g/mol. The van der Waals surface area contributed by atoms with Gasteiger partial charge in [-0.15, -0.1) is 0 Å². The number of benzene rings is 1. The molecule has 0 amide bonds. The summed E-state index contributed by atoms with van der Waals surface area (Å²) in [5.74, 6) is -0.525. The first kappa shape index (κ1) is 12.5. The van der Waals surface area contributed by atoms with Crippen LogP contribution in [0.15, 0.2) is 24.3 Å². The van der Waals surface area contributed by atoms with Crippen molar-refractivity contribution < 1.29 is 13.9 Å². The average Bonchev–Trinajstić information content (AvgIpc) is 2.37. The third-order valence-corrected chi connectivity index (χ3v) is 2.84. The molecule has 0 spiro atoms. The Balaban J connectivity index is 2.31. The number of carbonyl (C=O) groups is 1. The summed E-state index contributed by atoms with van der Waals surface area (Å²) in [5.41, 5.74) is 2.52. The van der Waals surface area contributed by atoms with Gasteiger partial charge in [0.2, 0.25) is 0 Å². The number of hydrogen-bond acceptors (Lipinski definition) is 3. The normalized spacial score (nSPS) is 10.6. The predicted molar refractivity (Wildman–Crippen MR) is 66.8 cm³/mol. The molecule has 0 atom stereocenters. The summed E-state index contributed by atoms with van der Waals surface area (Å²) in [6.45, 7) is 1.91. The van der Waals surface area contributed by atoms with E-state index in [-0.39, 0.29) is 11.8 Å². The molecule has 0 aliphatic rings. The molecule has 3 nitrogen and oxygen atoms in total. The zero-order chi connectivity index (χ0) is 13.1. The summed E-state index contributed by atoms with van der Waals surface area (Å²) in [5, 5.41) is 0.803. The maximum absolute atomic E-state index is 13.1. The van der Waals surface area contributed by atoms with Crippen LogP contribution in [0.5, 0.6) is 0 Å². The maximum atomic E-state index is 13.1. The Labute approximate surface area is 105 Å². The first-order valence-corrected chi connectivity index (χ1v) is 5.73. The van der Waals surface area contributed by atoms with Crippen LogP contribution in [0.3, 0.4) is 0 Å². The number of fused-ring (bicyclic) bond motifs is 1. The highest BCUT2D eigenvalue weighted by Crippen LogP contribution is 2.19. The fraction of sp³-hybridized carbons (Fsp3) is 0.286. The highest BCUT2D eigenvalue weighted by molar-refractivity contribution is 5.82. The zero-order valence-electron chi connectivity index (χ0n) is 10.4. The van der Waals surface area contributed by atoms with Gasteiger partial charge in [0.15, 0.2) is 0 Å². The lowest BCUT2D eigenvalue weighted by Gasteiger charge is -2.06. The largest absolute Gasteiger partial charge is 0.469 e. The molecule has 0 fully saturated rings. The van der Waals surface area contributed by atoms with E-state index in [2.05, 4.69) is 9.72 Å². The second-order valence-electron chi connectivity index (χ2n) is 4.17. The van der Waals surface area contributed by atoms with E-state index in [1.165, 1.54) is 19.2 Å². The number of aromatic nitrogens is 1. The van der Waals surface area contributed by atoms with Crippen molar-refractivity contribution in [2.45, 2.75) is 19.8 Å². The van der Waals surface area contributed by atoms with Crippen LogP contribution >= 0.6 is 0 Å². The van der Waals surface area contributed by atoms with E-state index >= 15 is 0 Å². The van der Waals surface area contributed by atoms with Crippen LogP contribution in [0.25, 0.3) is 10.9 Å². The fourth-order valence-electron chi connectivity index (χ4n) is 1.90. The molecule has 94 valence electrons. The highest BCUT2D eigenvalue weighted by Gasteiger charge is 2.06. The van der Waals surface area contributed by atoms with Gasteiger partial charge < -0.3 is 4.74 Å². The number of methoxy groups -OCH3 is 1. The van der Waals surface area contributed by atoms with Crippen LogP contribution in [0.2, 0.25) is 0 Å². The molecule has 0 aliphatic carbocycles. The summed E-state index contributed by atoms with van der Waals surface area (Å²) >= 11 is 0. The van der Waals surface area contributed by atoms with E-state index in [1.807, 2.05) is 13.0 Å². The van der Waals surface area contributed by atoms with Gasteiger partial charge >= 0.3 is 5.97 Å². The van der Waals surface area contributed by atoms with E-state index in [1.54, 1.807) is 6.07 Å². The van der Waals surface area contributed by atoms with Crippen molar-refractivity contribution in [2.24, 2.45) is 0 Å². The molecule has 1 heterocycles. The SMILES string of the molecule is COC(=O)CCc1cc(C)c2cc(F)ccc2n1. The van der Waals surface area contributed by atoms with Gasteiger partial charge in [0.05, 0.1) is 19.0 Å². The van der Waals surface area contributed by atoms with E-state index in [0.717, 1.165) is 22.2 Å². The smallest absolute Gasteiger partial charge is 0.305 e. The molecule has 0 saturated heterocycles. The molecule has 0 aliphatic heterocycles. The molecule has 0 unspecified atom stereocenters. The molecule has 4 heteroatoms. The molecule has 1 aromatic heterocycles. The van der Waals surface area contributed by atoms with Gasteiger partial charge in [0, 0.05) is 17.5 Å². The standard InChI is InChI=1S/C14H14FNO2/c1-9-7-11(4-6-14(17)18-2)16-13-5-3-10(15)8-12(9)13/h3,5,7-8H,4,6H2,1-2H3. The topological polar surface area (TPSA) is 39.2 Å². The van der Waals surface area contributed by atoms with Gasteiger partial charge in [0.25, 0.3) is 0 Å². The minimum atomic E-state index is -0.269. The van der Waals surface area contributed by atoms with E-state index in [9.17, 15) is 9.18 Å². The lowest BCUT2D eigenvalue weighted by atomic mass is 10.1. The van der Waals surface area contributed by atoms with Crippen molar-refractivity contribution >= 4 is 16.9 Å². The molecular formula is C14H14FNO2. The van der Waals surface area contributed by atoms with Crippen molar-refractivity contribution in [2.75, 3.05) is 7.11 Å². The van der Waals surface area contributed by atoms with Crippen LogP contribution in [-0.2, 0) is 16.0 Å².